The minimum atomic E-state index is -1.01. The summed E-state index contributed by atoms with van der Waals surface area (Å²) >= 11 is 6.15. The average molecular weight is 291 g/mol. The van der Waals surface area contributed by atoms with Crippen LogP contribution in [0.25, 0.3) is 0 Å². The van der Waals surface area contributed by atoms with Crippen molar-refractivity contribution >= 4 is 29.1 Å². The van der Waals surface area contributed by atoms with Crippen molar-refractivity contribution in [3.63, 3.8) is 0 Å². The number of aryl methyl sites for hydroxylation is 3. The first kappa shape index (κ1) is 14.3. The van der Waals surface area contributed by atoms with Crippen LogP contribution in [0.1, 0.15) is 27.2 Å². The van der Waals surface area contributed by atoms with Crippen LogP contribution in [0.15, 0.2) is 24.3 Å². The van der Waals surface area contributed by atoms with E-state index in [1.165, 1.54) is 0 Å². The van der Waals surface area contributed by atoms with E-state index in [0.717, 1.165) is 11.3 Å². The van der Waals surface area contributed by atoms with E-state index in [4.69, 9.17) is 11.6 Å². The Kier molecular flexibility index (Phi) is 3.95. The highest BCUT2D eigenvalue weighted by Gasteiger charge is 2.16. The van der Waals surface area contributed by atoms with Gasteiger partial charge in [0.25, 0.3) is 0 Å². The van der Waals surface area contributed by atoms with Gasteiger partial charge in [-0.05, 0) is 50.1 Å². The van der Waals surface area contributed by atoms with Gasteiger partial charge in [0, 0.05) is 5.69 Å². The number of pyridine rings is 1. The van der Waals surface area contributed by atoms with Crippen LogP contribution in [0.3, 0.4) is 0 Å². The third kappa shape index (κ3) is 2.91. The van der Waals surface area contributed by atoms with Gasteiger partial charge in [0.1, 0.15) is 11.4 Å². The number of hydrogen-bond donors (Lipinski definition) is 2. The van der Waals surface area contributed by atoms with Crippen LogP contribution in [0.5, 0.6) is 0 Å². The molecule has 0 radical (unpaired) electrons. The molecule has 104 valence electrons. The fourth-order valence-electron chi connectivity index (χ4n) is 2.05. The molecule has 5 heteroatoms. The van der Waals surface area contributed by atoms with Crippen molar-refractivity contribution in [2.24, 2.45) is 0 Å². The van der Waals surface area contributed by atoms with E-state index in [0.29, 0.717) is 22.1 Å². The van der Waals surface area contributed by atoms with E-state index in [-0.39, 0.29) is 5.56 Å². The summed E-state index contributed by atoms with van der Waals surface area (Å²) in [6.45, 7) is 5.51. The Morgan fingerprint density at radius 2 is 1.95 bits per heavy atom. The predicted octanol–water partition coefficient (Wildman–Crippen LogP) is 4.10. The normalized spacial score (nSPS) is 10.4. The second-order valence-corrected chi connectivity index (χ2v) is 5.12. The summed E-state index contributed by atoms with van der Waals surface area (Å²) in [7, 11) is 0. The largest absolute Gasteiger partial charge is 0.478 e. The molecular formula is C15H15ClN2O2. The minimum absolute atomic E-state index is 0.159. The molecule has 0 spiro atoms. The zero-order valence-electron chi connectivity index (χ0n) is 11.5. The molecule has 0 saturated heterocycles. The van der Waals surface area contributed by atoms with Crippen molar-refractivity contribution in [1.82, 2.24) is 4.98 Å². The van der Waals surface area contributed by atoms with Crippen LogP contribution >= 0.6 is 11.6 Å². The number of halogens is 1. The van der Waals surface area contributed by atoms with Crippen molar-refractivity contribution < 1.29 is 9.90 Å². The number of carboxylic acid groups (broad SMARTS) is 1. The number of nitrogens with zero attached hydrogens (tertiary/aromatic N) is 1. The Bertz CT molecular complexity index is 684. The molecule has 4 nitrogen and oxygen atoms in total. The topological polar surface area (TPSA) is 62.2 Å². The molecule has 0 fully saturated rings. The second kappa shape index (κ2) is 5.51. The molecule has 0 atom stereocenters. The zero-order valence-corrected chi connectivity index (χ0v) is 12.2. The summed E-state index contributed by atoms with van der Waals surface area (Å²) in [4.78, 5) is 15.6. The van der Waals surface area contributed by atoms with Gasteiger partial charge in [0.2, 0.25) is 0 Å². The van der Waals surface area contributed by atoms with Crippen molar-refractivity contribution in [3.05, 3.63) is 51.7 Å². The molecule has 1 aromatic carbocycles. The van der Waals surface area contributed by atoms with Gasteiger partial charge in [-0.2, -0.15) is 0 Å². The number of carboxylic acids is 1. The molecule has 0 unspecified atom stereocenters. The van der Waals surface area contributed by atoms with Crippen LogP contribution in [0, 0.1) is 20.8 Å². The van der Waals surface area contributed by atoms with Gasteiger partial charge in [-0.3, -0.25) is 0 Å². The van der Waals surface area contributed by atoms with Crippen LogP contribution in [0.2, 0.25) is 5.02 Å². The summed E-state index contributed by atoms with van der Waals surface area (Å²) in [5, 5.41) is 12.9. The molecule has 0 aliphatic carbocycles. The SMILES string of the molecule is Cc1ccc(Nc2nc(C)cc(C)c2C(=O)O)c(Cl)c1. The molecule has 2 rings (SSSR count). The smallest absolute Gasteiger partial charge is 0.339 e. The molecular weight excluding hydrogens is 276 g/mol. The van der Waals surface area contributed by atoms with Gasteiger partial charge < -0.3 is 10.4 Å². The van der Waals surface area contributed by atoms with Gasteiger partial charge in [-0.25, -0.2) is 9.78 Å². The fraction of sp³-hybridized carbons (Fsp3) is 0.200. The van der Waals surface area contributed by atoms with E-state index in [1.54, 1.807) is 13.0 Å². The monoisotopic (exact) mass is 290 g/mol. The Morgan fingerprint density at radius 1 is 1.25 bits per heavy atom. The number of benzene rings is 1. The molecule has 1 heterocycles. The molecule has 1 aromatic heterocycles. The maximum absolute atomic E-state index is 11.4. The highest BCUT2D eigenvalue weighted by atomic mass is 35.5. The molecule has 0 aliphatic heterocycles. The summed E-state index contributed by atoms with van der Waals surface area (Å²) in [6, 6.07) is 7.26. The molecule has 20 heavy (non-hydrogen) atoms. The first-order valence-electron chi connectivity index (χ1n) is 6.13. The lowest BCUT2D eigenvalue weighted by Crippen LogP contribution is -2.08. The number of aromatic nitrogens is 1. The van der Waals surface area contributed by atoms with Crippen LogP contribution in [-0.4, -0.2) is 16.1 Å². The Labute approximate surface area is 122 Å². The van der Waals surface area contributed by atoms with E-state index < -0.39 is 5.97 Å². The van der Waals surface area contributed by atoms with E-state index in [9.17, 15) is 9.90 Å². The predicted molar refractivity (Wildman–Crippen MR) is 80.1 cm³/mol. The van der Waals surface area contributed by atoms with Crippen LogP contribution in [0.4, 0.5) is 11.5 Å². The lowest BCUT2D eigenvalue weighted by molar-refractivity contribution is 0.0697. The van der Waals surface area contributed by atoms with Crippen LogP contribution < -0.4 is 5.32 Å². The first-order chi connectivity index (χ1) is 9.38. The summed E-state index contributed by atoms with van der Waals surface area (Å²) < 4.78 is 0. The molecule has 0 amide bonds. The quantitative estimate of drug-likeness (QED) is 0.893. The van der Waals surface area contributed by atoms with Crippen LogP contribution in [-0.2, 0) is 0 Å². The number of nitrogens with one attached hydrogen (secondary N) is 1. The van der Waals surface area contributed by atoms with E-state index in [1.807, 2.05) is 32.0 Å². The summed E-state index contributed by atoms with van der Waals surface area (Å²) in [5.74, 6) is -0.707. The lowest BCUT2D eigenvalue weighted by Gasteiger charge is -2.13. The lowest BCUT2D eigenvalue weighted by atomic mass is 10.1. The average Bonchev–Trinajstić information content (AvgIpc) is 2.31. The molecule has 2 N–H and O–H groups in total. The first-order valence-corrected chi connectivity index (χ1v) is 6.51. The van der Waals surface area contributed by atoms with Crippen molar-refractivity contribution in [1.29, 1.82) is 0 Å². The summed E-state index contributed by atoms with van der Waals surface area (Å²) in [6.07, 6.45) is 0. The Hall–Kier alpha value is -2.07. The zero-order chi connectivity index (χ0) is 14.9. The third-order valence-electron chi connectivity index (χ3n) is 2.94. The fourth-order valence-corrected chi connectivity index (χ4v) is 2.33. The van der Waals surface area contributed by atoms with Crippen molar-refractivity contribution in [2.75, 3.05) is 5.32 Å². The van der Waals surface area contributed by atoms with Gasteiger partial charge >= 0.3 is 5.97 Å². The van der Waals surface area contributed by atoms with Gasteiger partial charge in [-0.15, -0.1) is 0 Å². The van der Waals surface area contributed by atoms with Gasteiger partial charge in [-0.1, -0.05) is 17.7 Å². The maximum atomic E-state index is 11.4. The number of hydrogen-bond acceptors (Lipinski definition) is 3. The third-order valence-corrected chi connectivity index (χ3v) is 3.25. The molecule has 0 saturated carbocycles. The highest BCUT2D eigenvalue weighted by molar-refractivity contribution is 6.33. The minimum Gasteiger partial charge on any atom is -0.478 e. The van der Waals surface area contributed by atoms with Gasteiger partial charge in [0.15, 0.2) is 0 Å². The van der Waals surface area contributed by atoms with E-state index in [2.05, 4.69) is 10.3 Å². The Morgan fingerprint density at radius 3 is 2.55 bits per heavy atom. The molecule has 0 bridgehead atoms. The maximum Gasteiger partial charge on any atom is 0.339 e. The molecule has 2 aromatic rings. The van der Waals surface area contributed by atoms with Crippen molar-refractivity contribution in [3.8, 4) is 0 Å². The summed E-state index contributed by atoms with van der Waals surface area (Å²) in [5.41, 5.74) is 3.24. The molecule has 0 aliphatic rings. The Balaban J connectivity index is 2.50. The second-order valence-electron chi connectivity index (χ2n) is 4.72. The number of carbonyl (C=O) groups is 1. The number of rotatable bonds is 3. The van der Waals surface area contributed by atoms with Crippen molar-refractivity contribution in [2.45, 2.75) is 20.8 Å². The standard InChI is InChI=1S/C15H15ClN2O2/c1-8-4-5-12(11(16)6-8)18-14-13(15(19)20)9(2)7-10(3)17-14/h4-7H,1-3H3,(H,17,18)(H,19,20). The number of anilines is 2. The van der Waals surface area contributed by atoms with E-state index >= 15 is 0 Å². The van der Waals surface area contributed by atoms with Gasteiger partial charge in [0.05, 0.1) is 10.7 Å². The number of aromatic carboxylic acids is 1. The highest BCUT2D eigenvalue weighted by Crippen LogP contribution is 2.28.